The van der Waals surface area contributed by atoms with E-state index < -0.39 is 11.9 Å². The molecule has 0 heterocycles. The number of hydrogen-bond acceptors (Lipinski definition) is 2. The van der Waals surface area contributed by atoms with Crippen LogP contribution in [0.15, 0.2) is 24.3 Å². The Labute approximate surface area is 53.5 Å². The Morgan fingerprint density at radius 3 is 2.33 bits per heavy atom. The molecule has 0 saturated carbocycles. The molecule has 0 atom stereocenters. The fourth-order valence-corrected chi connectivity index (χ4v) is 0.750. The molecule has 0 radical (unpaired) electrons. The maximum Gasteiger partial charge on any atom is 0.0521 e. The van der Waals surface area contributed by atoms with Gasteiger partial charge < -0.3 is 9.90 Å². The molecule has 0 aromatic rings. The van der Waals surface area contributed by atoms with E-state index in [0.29, 0.717) is 0 Å². The lowest BCUT2D eigenvalue weighted by Gasteiger charge is -2.10. The van der Waals surface area contributed by atoms with Crippen LogP contribution >= 0.6 is 0 Å². The van der Waals surface area contributed by atoms with Gasteiger partial charge in [0.2, 0.25) is 0 Å². The van der Waals surface area contributed by atoms with Crippen molar-refractivity contribution in [2.24, 2.45) is 5.92 Å². The molecular weight excluding hydrogens is 116 g/mol. The van der Waals surface area contributed by atoms with Gasteiger partial charge in [0.1, 0.15) is 0 Å². The Bertz CT molecular complexity index is 156. The van der Waals surface area contributed by atoms with Gasteiger partial charge in [-0.05, 0) is 6.42 Å². The first-order chi connectivity index (χ1) is 4.30. The highest BCUT2D eigenvalue weighted by atomic mass is 16.4. The van der Waals surface area contributed by atoms with Gasteiger partial charge in [-0.2, -0.15) is 0 Å². The van der Waals surface area contributed by atoms with Crippen LogP contribution < -0.4 is 5.11 Å². The summed E-state index contributed by atoms with van der Waals surface area (Å²) in [6.45, 7) is 0. The lowest BCUT2D eigenvalue weighted by Crippen LogP contribution is -2.29. The Balaban J connectivity index is 2.60. The molecule has 48 valence electrons. The molecule has 0 amide bonds. The van der Waals surface area contributed by atoms with Gasteiger partial charge in [-0.1, -0.05) is 24.3 Å². The Morgan fingerprint density at radius 2 is 2.00 bits per heavy atom. The lowest BCUT2D eigenvalue weighted by atomic mass is 10.0. The summed E-state index contributed by atoms with van der Waals surface area (Å²) in [4.78, 5) is 10.1. The van der Waals surface area contributed by atoms with E-state index in [1.807, 2.05) is 12.2 Å². The van der Waals surface area contributed by atoms with Gasteiger partial charge in [0.15, 0.2) is 0 Å². The number of aliphatic carboxylic acids is 1. The fourth-order valence-electron chi connectivity index (χ4n) is 0.750. The molecular formula is C7H7O2-. The molecule has 2 heteroatoms. The summed E-state index contributed by atoms with van der Waals surface area (Å²) in [5.41, 5.74) is 0. The van der Waals surface area contributed by atoms with Crippen molar-refractivity contribution in [3.05, 3.63) is 24.3 Å². The molecule has 0 aliphatic heterocycles. The first kappa shape index (κ1) is 6.08. The summed E-state index contributed by atoms with van der Waals surface area (Å²) < 4.78 is 0. The van der Waals surface area contributed by atoms with Gasteiger partial charge in [-0.3, -0.25) is 0 Å². The average Bonchev–Trinajstić information content (AvgIpc) is 1.90. The summed E-state index contributed by atoms with van der Waals surface area (Å²) in [5, 5.41) is 10.1. The number of hydrogen-bond donors (Lipinski definition) is 0. The zero-order valence-electron chi connectivity index (χ0n) is 4.91. The van der Waals surface area contributed by atoms with Crippen molar-refractivity contribution in [3.63, 3.8) is 0 Å². The van der Waals surface area contributed by atoms with Crippen molar-refractivity contribution in [3.8, 4) is 0 Å². The smallest absolute Gasteiger partial charge is 0.0521 e. The Morgan fingerprint density at radius 1 is 1.44 bits per heavy atom. The average molecular weight is 123 g/mol. The van der Waals surface area contributed by atoms with Crippen molar-refractivity contribution < 1.29 is 9.90 Å². The van der Waals surface area contributed by atoms with Gasteiger partial charge in [-0.15, -0.1) is 0 Å². The Hall–Kier alpha value is -1.05. The van der Waals surface area contributed by atoms with E-state index in [1.54, 1.807) is 12.2 Å². The zero-order chi connectivity index (χ0) is 6.69. The minimum Gasteiger partial charge on any atom is -0.549 e. The number of carboxylic acids is 1. The molecule has 0 spiro atoms. The van der Waals surface area contributed by atoms with Gasteiger partial charge >= 0.3 is 0 Å². The number of allylic oxidation sites excluding steroid dienone is 2. The third-order valence-electron chi connectivity index (χ3n) is 1.23. The van der Waals surface area contributed by atoms with Gasteiger partial charge in [0, 0.05) is 5.92 Å². The minimum absolute atomic E-state index is 0.501. The molecule has 0 N–H and O–H groups in total. The summed E-state index contributed by atoms with van der Waals surface area (Å²) in [6.07, 6.45) is 7.75. The zero-order valence-corrected chi connectivity index (χ0v) is 4.91. The molecule has 0 unspecified atom stereocenters. The number of carbonyl (C=O) groups is 1. The molecule has 0 saturated heterocycles. The summed E-state index contributed by atoms with van der Waals surface area (Å²) in [5.74, 6) is -1.53. The van der Waals surface area contributed by atoms with Crippen molar-refractivity contribution in [1.29, 1.82) is 0 Å². The highest BCUT2D eigenvalue weighted by molar-refractivity contribution is 5.72. The molecule has 0 bridgehead atoms. The van der Waals surface area contributed by atoms with E-state index in [4.69, 9.17) is 0 Å². The maximum atomic E-state index is 10.1. The molecule has 0 aromatic heterocycles. The number of carbonyl (C=O) groups excluding carboxylic acids is 1. The molecule has 1 aliphatic carbocycles. The monoisotopic (exact) mass is 123 g/mol. The summed E-state index contributed by atoms with van der Waals surface area (Å²) in [6, 6.07) is 0. The standard InChI is InChI=1S/C7H8O2/c8-7(9)6-4-2-1-3-5-6/h2-6H,1H2,(H,8,9)/p-1. The van der Waals surface area contributed by atoms with E-state index in [0.717, 1.165) is 6.42 Å². The van der Waals surface area contributed by atoms with Crippen LogP contribution in [0.3, 0.4) is 0 Å². The van der Waals surface area contributed by atoms with Crippen LogP contribution in [-0.4, -0.2) is 5.97 Å². The van der Waals surface area contributed by atoms with Crippen LogP contribution in [0.4, 0.5) is 0 Å². The summed E-state index contributed by atoms with van der Waals surface area (Å²) >= 11 is 0. The van der Waals surface area contributed by atoms with E-state index >= 15 is 0 Å². The van der Waals surface area contributed by atoms with E-state index in [-0.39, 0.29) is 0 Å². The lowest BCUT2D eigenvalue weighted by molar-refractivity contribution is -0.308. The second-order valence-corrected chi connectivity index (χ2v) is 1.94. The highest BCUT2D eigenvalue weighted by Gasteiger charge is 2.01. The van der Waals surface area contributed by atoms with Crippen LogP contribution in [0.1, 0.15) is 6.42 Å². The minimum atomic E-state index is -1.03. The number of rotatable bonds is 1. The molecule has 0 fully saturated rings. The fraction of sp³-hybridized carbons (Fsp3) is 0.286. The third kappa shape index (κ3) is 1.42. The molecule has 0 aromatic carbocycles. The van der Waals surface area contributed by atoms with Crippen LogP contribution in [0.2, 0.25) is 0 Å². The van der Waals surface area contributed by atoms with E-state index in [2.05, 4.69) is 0 Å². The predicted molar refractivity (Wildman–Crippen MR) is 31.4 cm³/mol. The SMILES string of the molecule is O=C([O-])C1C=CCC=C1. The van der Waals surface area contributed by atoms with Crippen molar-refractivity contribution in [2.45, 2.75) is 6.42 Å². The molecule has 2 nitrogen and oxygen atoms in total. The topological polar surface area (TPSA) is 40.1 Å². The van der Waals surface area contributed by atoms with E-state index in [1.165, 1.54) is 0 Å². The number of carboxylic acid groups (broad SMARTS) is 1. The van der Waals surface area contributed by atoms with Crippen LogP contribution in [0.5, 0.6) is 0 Å². The summed E-state index contributed by atoms with van der Waals surface area (Å²) in [7, 11) is 0. The first-order valence-corrected chi connectivity index (χ1v) is 2.85. The quantitative estimate of drug-likeness (QED) is 0.455. The predicted octanol–water partition coefficient (Wildman–Crippen LogP) is -0.131. The molecule has 9 heavy (non-hydrogen) atoms. The van der Waals surface area contributed by atoms with Crippen molar-refractivity contribution in [2.75, 3.05) is 0 Å². The second-order valence-electron chi connectivity index (χ2n) is 1.94. The third-order valence-corrected chi connectivity index (χ3v) is 1.23. The Kier molecular flexibility index (Phi) is 1.68. The van der Waals surface area contributed by atoms with E-state index in [9.17, 15) is 9.90 Å². The second kappa shape index (κ2) is 2.49. The van der Waals surface area contributed by atoms with Crippen molar-refractivity contribution in [1.82, 2.24) is 0 Å². The van der Waals surface area contributed by atoms with Crippen LogP contribution in [0, 0.1) is 5.92 Å². The normalized spacial score (nSPS) is 18.2. The van der Waals surface area contributed by atoms with Gasteiger partial charge in [-0.25, -0.2) is 0 Å². The largest absolute Gasteiger partial charge is 0.549 e. The van der Waals surface area contributed by atoms with Crippen molar-refractivity contribution >= 4 is 5.97 Å². The van der Waals surface area contributed by atoms with Gasteiger partial charge in [0.05, 0.1) is 5.97 Å². The highest BCUT2D eigenvalue weighted by Crippen LogP contribution is 2.06. The van der Waals surface area contributed by atoms with Crippen LogP contribution in [0.25, 0.3) is 0 Å². The molecule has 1 rings (SSSR count). The first-order valence-electron chi connectivity index (χ1n) is 2.85. The maximum absolute atomic E-state index is 10.1. The van der Waals surface area contributed by atoms with Gasteiger partial charge in [0.25, 0.3) is 0 Å². The molecule has 1 aliphatic rings. The van der Waals surface area contributed by atoms with Crippen LogP contribution in [-0.2, 0) is 4.79 Å².